The largest absolute Gasteiger partial charge is 0.362 e. The lowest BCUT2D eigenvalue weighted by Crippen LogP contribution is -2.48. The van der Waals surface area contributed by atoms with Crippen LogP contribution >= 0.6 is 7.60 Å². The molecule has 2 amide bonds. The molecule has 1 unspecified atom stereocenters. The molecule has 0 aromatic carbocycles. The summed E-state index contributed by atoms with van der Waals surface area (Å²) >= 11 is 0. The molecule has 1 heterocycles. The van der Waals surface area contributed by atoms with E-state index in [0.717, 1.165) is 24.2 Å². The van der Waals surface area contributed by atoms with Crippen molar-refractivity contribution in [2.75, 3.05) is 33.4 Å². The van der Waals surface area contributed by atoms with Crippen LogP contribution in [0.2, 0.25) is 0 Å². The second-order valence-electron chi connectivity index (χ2n) is 4.91. The smallest absolute Gasteiger partial charge is 0.340 e. The number of hydrogen-bond donors (Lipinski definition) is 0. The van der Waals surface area contributed by atoms with E-state index in [9.17, 15) is 14.2 Å². The Morgan fingerprint density at radius 1 is 1.24 bits per heavy atom. The fourth-order valence-electron chi connectivity index (χ4n) is 2.41. The van der Waals surface area contributed by atoms with Gasteiger partial charge in [0, 0.05) is 20.1 Å². The first kappa shape index (κ1) is 18.1. The summed E-state index contributed by atoms with van der Waals surface area (Å²) in [5.41, 5.74) is 0. The molecule has 7 nitrogen and oxygen atoms in total. The van der Waals surface area contributed by atoms with Crippen molar-refractivity contribution in [3.63, 3.8) is 0 Å². The van der Waals surface area contributed by atoms with Crippen LogP contribution in [0.5, 0.6) is 0 Å². The van der Waals surface area contributed by atoms with Crippen molar-refractivity contribution in [1.82, 2.24) is 9.80 Å². The second kappa shape index (κ2) is 8.51. The molecule has 1 atom stereocenters. The third-order valence-electron chi connectivity index (χ3n) is 3.36. The minimum absolute atomic E-state index is 0.147. The van der Waals surface area contributed by atoms with E-state index in [0.29, 0.717) is 19.5 Å². The van der Waals surface area contributed by atoms with Crippen molar-refractivity contribution in [3.05, 3.63) is 0 Å². The quantitative estimate of drug-likeness (QED) is 0.502. The van der Waals surface area contributed by atoms with Gasteiger partial charge in [0.2, 0.25) is 12.2 Å². The van der Waals surface area contributed by atoms with Gasteiger partial charge in [-0.15, -0.1) is 0 Å². The van der Waals surface area contributed by atoms with Gasteiger partial charge in [0.05, 0.1) is 13.2 Å². The third-order valence-corrected chi connectivity index (χ3v) is 5.78. The predicted octanol–water partition coefficient (Wildman–Crippen LogP) is 1.68. The van der Waals surface area contributed by atoms with Gasteiger partial charge in [-0.05, 0) is 33.1 Å². The molecular formula is C13H25N2O5P. The molecule has 1 aliphatic rings. The van der Waals surface area contributed by atoms with E-state index >= 15 is 0 Å². The van der Waals surface area contributed by atoms with Crippen LogP contribution in [0.3, 0.4) is 0 Å². The van der Waals surface area contributed by atoms with E-state index < -0.39 is 13.4 Å². The zero-order valence-electron chi connectivity index (χ0n) is 13.0. The molecule has 0 bridgehead atoms. The van der Waals surface area contributed by atoms with Crippen LogP contribution in [0, 0.1) is 0 Å². The number of carbonyl (C=O) groups is 2. The van der Waals surface area contributed by atoms with E-state index in [4.69, 9.17) is 9.05 Å². The molecule has 0 aliphatic carbocycles. The molecule has 0 aromatic rings. The van der Waals surface area contributed by atoms with Crippen molar-refractivity contribution in [2.24, 2.45) is 0 Å². The van der Waals surface area contributed by atoms with Crippen LogP contribution in [-0.4, -0.2) is 61.3 Å². The van der Waals surface area contributed by atoms with Crippen LogP contribution < -0.4 is 0 Å². The number of rotatable bonds is 8. The highest BCUT2D eigenvalue weighted by atomic mass is 31.2. The second-order valence-corrected chi connectivity index (χ2v) is 6.99. The average Bonchev–Trinajstić information content (AvgIpc) is 2.48. The normalized spacial score (nSPS) is 17.4. The minimum Gasteiger partial charge on any atom is -0.340 e. The fourth-order valence-corrected chi connectivity index (χ4v) is 4.42. The summed E-state index contributed by atoms with van der Waals surface area (Å²) in [4.78, 5) is 26.5. The zero-order chi connectivity index (χ0) is 15.9. The minimum atomic E-state index is -3.72. The number of hydrogen-bond acceptors (Lipinski definition) is 5. The number of likely N-dealkylation sites (tertiary alicyclic amines) is 1. The van der Waals surface area contributed by atoms with Crippen LogP contribution in [-0.2, 0) is 23.2 Å². The molecule has 0 saturated carbocycles. The SMILES string of the molecule is CCOP(=O)(OCC)C(C(=O)N1CCCCC1)N(C)C=O. The van der Waals surface area contributed by atoms with E-state index in [1.807, 2.05) is 0 Å². The van der Waals surface area contributed by atoms with E-state index in [1.54, 1.807) is 18.7 Å². The van der Waals surface area contributed by atoms with E-state index in [2.05, 4.69) is 0 Å². The van der Waals surface area contributed by atoms with Crippen molar-refractivity contribution >= 4 is 19.9 Å². The Balaban J connectivity index is 3.04. The Bertz CT molecular complexity index is 388. The highest BCUT2D eigenvalue weighted by molar-refractivity contribution is 7.55. The summed E-state index contributed by atoms with van der Waals surface area (Å²) in [6.45, 7) is 4.87. The summed E-state index contributed by atoms with van der Waals surface area (Å²) in [7, 11) is -2.30. The molecular weight excluding hydrogens is 295 g/mol. The molecule has 0 N–H and O–H groups in total. The van der Waals surface area contributed by atoms with Gasteiger partial charge in [-0.25, -0.2) is 0 Å². The molecule has 1 rings (SSSR count). The maximum atomic E-state index is 12.9. The molecule has 0 radical (unpaired) electrons. The third kappa shape index (κ3) is 4.53. The average molecular weight is 320 g/mol. The lowest BCUT2D eigenvalue weighted by molar-refractivity contribution is -0.138. The van der Waals surface area contributed by atoms with Crippen molar-refractivity contribution in [1.29, 1.82) is 0 Å². The van der Waals surface area contributed by atoms with Gasteiger partial charge in [-0.3, -0.25) is 14.2 Å². The van der Waals surface area contributed by atoms with Gasteiger partial charge in [0.25, 0.3) is 5.91 Å². The first-order chi connectivity index (χ1) is 10.00. The topological polar surface area (TPSA) is 76.2 Å². The monoisotopic (exact) mass is 320 g/mol. The number of nitrogens with zero attached hydrogens (tertiary/aromatic N) is 2. The van der Waals surface area contributed by atoms with Crippen molar-refractivity contribution in [2.45, 2.75) is 38.9 Å². The summed E-state index contributed by atoms with van der Waals surface area (Å²) in [5, 5.41) is 0. The maximum Gasteiger partial charge on any atom is 0.362 e. The van der Waals surface area contributed by atoms with Gasteiger partial charge in [-0.2, -0.15) is 0 Å². The summed E-state index contributed by atoms with van der Waals surface area (Å²) in [6.07, 6.45) is 3.39. The van der Waals surface area contributed by atoms with Gasteiger partial charge in [-0.1, -0.05) is 0 Å². The molecule has 122 valence electrons. The highest BCUT2D eigenvalue weighted by Crippen LogP contribution is 2.54. The summed E-state index contributed by atoms with van der Waals surface area (Å²) in [5.74, 6) is -1.58. The molecule has 0 spiro atoms. The standard InChI is InChI=1S/C13H25N2O5P/c1-4-19-21(18,20-5-2)13(14(3)11-16)12(17)15-9-7-6-8-10-15/h11,13H,4-10H2,1-3H3. The lowest BCUT2D eigenvalue weighted by atomic mass is 10.1. The predicted molar refractivity (Wildman–Crippen MR) is 78.9 cm³/mol. The lowest BCUT2D eigenvalue weighted by Gasteiger charge is -2.35. The summed E-state index contributed by atoms with van der Waals surface area (Å²) < 4.78 is 23.4. The molecule has 1 aliphatic heterocycles. The van der Waals surface area contributed by atoms with Crippen molar-refractivity contribution < 1.29 is 23.2 Å². The molecule has 0 aromatic heterocycles. The Labute approximate surface area is 126 Å². The number of likely N-dealkylation sites (N-methyl/N-ethyl adjacent to an activating group) is 1. The van der Waals surface area contributed by atoms with Crippen LogP contribution in [0.1, 0.15) is 33.1 Å². The summed E-state index contributed by atoms with van der Waals surface area (Å²) in [6, 6.07) is 0. The first-order valence-corrected chi connectivity index (χ1v) is 8.96. The Morgan fingerprint density at radius 3 is 2.19 bits per heavy atom. The molecule has 8 heteroatoms. The van der Waals surface area contributed by atoms with Gasteiger partial charge >= 0.3 is 7.60 Å². The molecule has 1 fully saturated rings. The molecule has 1 saturated heterocycles. The fraction of sp³-hybridized carbons (Fsp3) is 0.846. The van der Waals surface area contributed by atoms with Gasteiger partial charge in [0.1, 0.15) is 0 Å². The molecule has 21 heavy (non-hydrogen) atoms. The highest BCUT2D eigenvalue weighted by Gasteiger charge is 2.45. The Morgan fingerprint density at radius 2 is 1.76 bits per heavy atom. The number of carbonyl (C=O) groups excluding carboxylic acids is 2. The maximum absolute atomic E-state index is 12.9. The number of piperidine rings is 1. The van der Waals surface area contributed by atoms with E-state index in [-0.39, 0.29) is 19.1 Å². The van der Waals surface area contributed by atoms with Crippen LogP contribution in [0.4, 0.5) is 0 Å². The van der Waals surface area contributed by atoms with Gasteiger partial charge < -0.3 is 18.8 Å². The van der Waals surface area contributed by atoms with Crippen LogP contribution in [0.25, 0.3) is 0 Å². The van der Waals surface area contributed by atoms with Gasteiger partial charge in [0.15, 0.2) is 0 Å². The number of amides is 2. The van der Waals surface area contributed by atoms with Crippen molar-refractivity contribution in [3.8, 4) is 0 Å². The Kier molecular flexibility index (Phi) is 7.35. The van der Waals surface area contributed by atoms with Crippen LogP contribution in [0.15, 0.2) is 0 Å². The first-order valence-electron chi connectivity index (χ1n) is 7.35. The van der Waals surface area contributed by atoms with E-state index in [1.165, 1.54) is 7.05 Å². The Hall–Kier alpha value is -0.910. The zero-order valence-corrected chi connectivity index (χ0v) is 13.9.